The molecule has 1 saturated heterocycles. The first-order valence-electron chi connectivity index (χ1n) is 5.99. The number of halogens is 2. The second-order valence-electron chi connectivity index (χ2n) is 4.33. The van der Waals surface area contributed by atoms with Gasteiger partial charge in [0, 0.05) is 16.1 Å². The van der Waals surface area contributed by atoms with E-state index in [2.05, 4.69) is 21.2 Å². The zero-order valence-corrected chi connectivity index (χ0v) is 12.4. The van der Waals surface area contributed by atoms with Crippen LogP contribution in [0.15, 0.2) is 22.7 Å². The van der Waals surface area contributed by atoms with E-state index in [0.717, 1.165) is 23.0 Å². The lowest BCUT2D eigenvalue weighted by atomic mass is 9.98. The first-order chi connectivity index (χ1) is 8.61. The Morgan fingerprint density at radius 2 is 2.39 bits per heavy atom. The third-order valence-corrected chi connectivity index (χ3v) is 4.03. The van der Waals surface area contributed by atoms with Crippen LogP contribution in [0.25, 0.3) is 0 Å². The largest absolute Gasteiger partial charge is 0.377 e. The number of nitrogens with one attached hydrogen (secondary N) is 1. The smallest absolute Gasteiger partial charge is 0.230 e. The summed E-state index contributed by atoms with van der Waals surface area (Å²) in [6, 6.07) is 5.31. The number of hydrogen-bond donors (Lipinski definition) is 1. The average molecular weight is 333 g/mol. The van der Waals surface area contributed by atoms with Crippen LogP contribution < -0.4 is 5.32 Å². The number of carbonyl (C=O) groups is 1. The maximum absolute atomic E-state index is 12.2. The molecule has 1 heterocycles. The van der Waals surface area contributed by atoms with Gasteiger partial charge in [-0.05, 0) is 47.0 Å². The number of benzene rings is 1. The molecule has 1 aliphatic rings. The van der Waals surface area contributed by atoms with Crippen LogP contribution in [0.3, 0.4) is 0 Å². The first-order valence-corrected chi connectivity index (χ1v) is 7.16. The van der Waals surface area contributed by atoms with Crippen molar-refractivity contribution < 1.29 is 9.53 Å². The summed E-state index contributed by atoms with van der Waals surface area (Å²) in [5, 5.41) is 3.55. The van der Waals surface area contributed by atoms with Gasteiger partial charge in [0.1, 0.15) is 0 Å². The second-order valence-corrected chi connectivity index (χ2v) is 5.62. The molecule has 1 aliphatic heterocycles. The molecule has 0 saturated carbocycles. The van der Waals surface area contributed by atoms with Crippen molar-refractivity contribution in [2.45, 2.75) is 25.9 Å². The zero-order valence-electron chi connectivity index (χ0n) is 10.1. The van der Waals surface area contributed by atoms with Crippen LogP contribution >= 0.6 is 27.5 Å². The molecule has 1 fully saturated rings. The van der Waals surface area contributed by atoms with Crippen molar-refractivity contribution in [1.29, 1.82) is 0 Å². The van der Waals surface area contributed by atoms with Crippen LogP contribution in [0.5, 0.6) is 0 Å². The van der Waals surface area contributed by atoms with Crippen molar-refractivity contribution >= 4 is 39.1 Å². The number of amides is 1. The molecule has 98 valence electrons. The van der Waals surface area contributed by atoms with Crippen LogP contribution in [0.4, 0.5) is 5.69 Å². The predicted octanol–water partition coefficient (Wildman–Crippen LogP) is 3.86. The number of rotatable bonds is 3. The molecule has 1 aromatic rings. The maximum Gasteiger partial charge on any atom is 0.230 e. The molecule has 0 aliphatic carbocycles. The molecule has 2 unspecified atom stereocenters. The Kier molecular flexibility index (Phi) is 4.65. The Morgan fingerprint density at radius 3 is 3.06 bits per heavy atom. The number of anilines is 1. The highest BCUT2D eigenvalue weighted by Crippen LogP contribution is 2.29. The van der Waals surface area contributed by atoms with Gasteiger partial charge in [-0.25, -0.2) is 0 Å². The minimum atomic E-state index is -0.0578. The zero-order chi connectivity index (χ0) is 13.1. The number of ether oxygens (including phenoxy) is 1. The fraction of sp³-hybridized carbons (Fsp3) is 0.462. The number of hydrogen-bond acceptors (Lipinski definition) is 2. The third-order valence-electron chi connectivity index (χ3n) is 3.14. The molecule has 2 rings (SSSR count). The predicted molar refractivity (Wildman–Crippen MR) is 75.9 cm³/mol. The molecule has 0 spiro atoms. The summed E-state index contributed by atoms with van der Waals surface area (Å²) in [7, 11) is 0. The third kappa shape index (κ3) is 3.05. The molecule has 5 heteroatoms. The number of carbonyl (C=O) groups excluding carboxylic acids is 1. The fourth-order valence-corrected chi connectivity index (χ4v) is 2.95. The minimum Gasteiger partial charge on any atom is -0.377 e. The molecule has 1 amide bonds. The second kappa shape index (κ2) is 6.04. The summed E-state index contributed by atoms with van der Waals surface area (Å²) in [6.45, 7) is 2.70. The van der Waals surface area contributed by atoms with Gasteiger partial charge in [-0.3, -0.25) is 4.79 Å². The van der Waals surface area contributed by atoms with Crippen LogP contribution in [-0.4, -0.2) is 18.6 Å². The van der Waals surface area contributed by atoms with E-state index in [1.54, 1.807) is 18.2 Å². The van der Waals surface area contributed by atoms with Crippen molar-refractivity contribution in [2.75, 3.05) is 11.9 Å². The Hall–Kier alpha value is -0.580. The summed E-state index contributed by atoms with van der Waals surface area (Å²) in [5.74, 6) is -0.0417. The maximum atomic E-state index is 12.2. The topological polar surface area (TPSA) is 38.3 Å². The first kappa shape index (κ1) is 13.8. The molecule has 0 radical (unpaired) electrons. The summed E-state index contributed by atoms with van der Waals surface area (Å²) < 4.78 is 6.32. The Labute approximate surface area is 120 Å². The van der Waals surface area contributed by atoms with E-state index >= 15 is 0 Å². The highest BCUT2D eigenvalue weighted by atomic mass is 79.9. The monoisotopic (exact) mass is 331 g/mol. The summed E-state index contributed by atoms with van der Waals surface area (Å²) in [6.07, 6.45) is 1.69. The van der Waals surface area contributed by atoms with E-state index in [-0.39, 0.29) is 17.9 Å². The van der Waals surface area contributed by atoms with E-state index in [1.807, 2.05) is 6.92 Å². The molecule has 2 atom stereocenters. The van der Waals surface area contributed by atoms with Gasteiger partial charge >= 0.3 is 0 Å². The molecule has 0 bridgehead atoms. The quantitative estimate of drug-likeness (QED) is 0.913. The minimum absolute atomic E-state index is 0.0161. The van der Waals surface area contributed by atoms with Crippen molar-refractivity contribution in [3.63, 3.8) is 0 Å². The van der Waals surface area contributed by atoms with Gasteiger partial charge in [0.25, 0.3) is 0 Å². The molecule has 1 N–H and O–H groups in total. The molecule has 1 aromatic carbocycles. The van der Waals surface area contributed by atoms with Crippen molar-refractivity contribution in [2.24, 2.45) is 5.92 Å². The lowest BCUT2D eigenvalue weighted by Gasteiger charge is -2.17. The van der Waals surface area contributed by atoms with Crippen LogP contribution in [0.2, 0.25) is 5.02 Å². The van der Waals surface area contributed by atoms with Gasteiger partial charge < -0.3 is 10.1 Å². The van der Waals surface area contributed by atoms with Gasteiger partial charge in [0.2, 0.25) is 5.91 Å². The van der Waals surface area contributed by atoms with E-state index in [1.165, 1.54) is 0 Å². The Morgan fingerprint density at radius 1 is 1.61 bits per heavy atom. The lowest BCUT2D eigenvalue weighted by molar-refractivity contribution is -0.121. The van der Waals surface area contributed by atoms with E-state index in [0.29, 0.717) is 11.6 Å². The van der Waals surface area contributed by atoms with Crippen molar-refractivity contribution in [3.8, 4) is 0 Å². The van der Waals surface area contributed by atoms with Gasteiger partial charge in [0.15, 0.2) is 0 Å². The lowest BCUT2D eigenvalue weighted by Crippen LogP contribution is -2.29. The Bertz CT molecular complexity index is 453. The van der Waals surface area contributed by atoms with Gasteiger partial charge in [-0.15, -0.1) is 0 Å². The fourth-order valence-electron chi connectivity index (χ4n) is 2.17. The molecular formula is C13H15BrClNO2. The van der Waals surface area contributed by atoms with Gasteiger partial charge in [-0.2, -0.15) is 0 Å². The van der Waals surface area contributed by atoms with Gasteiger partial charge in [0.05, 0.1) is 17.7 Å². The molecule has 0 aromatic heterocycles. The standard InChI is InChI=1S/C13H15BrClNO2/c1-2-12-9(5-6-18-12)13(17)16-11-4-3-8(15)7-10(11)14/h3-4,7,9,12H,2,5-6H2,1H3,(H,16,17). The highest BCUT2D eigenvalue weighted by molar-refractivity contribution is 9.10. The summed E-state index contributed by atoms with van der Waals surface area (Å²) in [4.78, 5) is 12.2. The highest BCUT2D eigenvalue weighted by Gasteiger charge is 2.32. The molecular weight excluding hydrogens is 318 g/mol. The van der Waals surface area contributed by atoms with E-state index < -0.39 is 0 Å². The Balaban J connectivity index is 2.07. The van der Waals surface area contributed by atoms with Gasteiger partial charge in [-0.1, -0.05) is 18.5 Å². The molecule has 3 nitrogen and oxygen atoms in total. The van der Waals surface area contributed by atoms with Crippen LogP contribution in [-0.2, 0) is 9.53 Å². The van der Waals surface area contributed by atoms with E-state index in [9.17, 15) is 4.79 Å². The van der Waals surface area contributed by atoms with E-state index in [4.69, 9.17) is 16.3 Å². The van der Waals surface area contributed by atoms with Crippen molar-refractivity contribution in [3.05, 3.63) is 27.7 Å². The van der Waals surface area contributed by atoms with Crippen LogP contribution in [0, 0.1) is 5.92 Å². The summed E-state index contributed by atoms with van der Waals surface area (Å²) >= 11 is 9.25. The molecule has 18 heavy (non-hydrogen) atoms. The SMILES string of the molecule is CCC1OCCC1C(=O)Nc1ccc(Cl)cc1Br. The summed E-state index contributed by atoms with van der Waals surface area (Å²) in [5.41, 5.74) is 0.742. The average Bonchev–Trinajstić information content (AvgIpc) is 2.81. The van der Waals surface area contributed by atoms with Crippen molar-refractivity contribution in [1.82, 2.24) is 0 Å². The normalized spacial score (nSPS) is 23.1. The van der Waals surface area contributed by atoms with Crippen LogP contribution in [0.1, 0.15) is 19.8 Å².